The minimum Gasteiger partial charge on any atom is -0.478 e. The molecule has 0 unspecified atom stereocenters. The molecule has 17 heavy (non-hydrogen) atoms. The Kier molecular flexibility index (Phi) is 5.03. The van der Waals surface area contributed by atoms with E-state index in [2.05, 4.69) is 0 Å². The van der Waals surface area contributed by atoms with Gasteiger partial charge in [0.25, 0.3) is 0 Å². The van der Waals surface area contributed by atoms with E-state index in [0.29, 0.717) is 4.90 Å². The van der Waals surface area contributed by atoms with E-state index in [-0.39, 0.29) is 23.4 Å². The number of esters is 1. The zero-order valence-electron chi connectivity index (χ0n) is 9.67. The summed E-state index contributed by atoms with van der Waals surface area (Å²) in [6.45, 7) is 3.54. The highest BCUT2D eigenvalue weighted by molar-refractivity contribution is 8.00. The van der Waals surface area contributed by atoms with Crippen LogP contribution in [0.15, 0.2) is 29.2 Å². The quantitative estimate of drug-likeness (QED) is 0.646. The van der Waals surface area contributed by atoms with Crippen LogP contribution in [0.1, 0.15) is 24.2 Å². The van der Waals surface area contributed by atoms with Crippen molar-refractivity contribution in [3.05, 3.63) is 29.8 Å². The van der Waals surface area contributed by atoms with Gasteiger partial charge in [-0.25, -0.2) is 4.79 Å². The predicted octanol–water partition coefficient (Wildman–Crippen LogP) is 2.43. The van der Waals surface area contributed by atoms with Crippen molar-refractivity contribution in [2.45, 2.75) is 24.8 Å². The molecule has 0 amide bonds. The summed E-state index contributed by atoms with van der Waals surface area (Å²) in [6.07, 6.45) is -0.155. The maximum Gasteiger partial charge on any atom is 0.336 e. The zero-order valence-corrected chi connectivity index (χ0v) is 10.5. The summed E-state index contributed by atoms with van der Waals surface area (Å²) in [4.78, 5) is 22.8. The first-order chi connectivity index (χ1) is 8.00. The Morgan fingerprint density at radius 1 is 1.35 bits per heavy atom. The lowest BCUT2D eigenvalue weighted by Crippen LogP contribution is -2.13. The van der Waals surface area contributed by atoms with Crippen molar-refractivity contribution in [2.24, 2.45) is 0 Å². The third kappa shape index (κ3) is 4.48. The Hall–Kier alpha value is -1.49. The van der Waals surface area contributed by atoms with Crippen LogP contribution < -0.4 is 0 Å². The van der Waals surface area contributed by atoms with Crippen molar-refractivity contribution >= 4 is 23.7 Å². The molecule has 4 nitrogen and oxygen atoms in total. The lowest BCUT2D eigenvalue weighted by Gasteiger charge is -2.08. The molecule has 0 aliphatic carbocycles. The second-order valence-electron chi connectivity index (χ2n) is 3.63. The van der Waals surface area contributed by atoms with Gasteiger partial charge in [0.1, 0.15) is 0 Å². The summed E-state index contributed by atoms with van der Waals surface area (Å²) in [5.41, 5.74) is 0.204. The standard InChI is InChI=1S/C12H14O4S/c1-8(2)16-11(13)7-17-10-6-4-3-5-9(10)12(14)15/h3-6,8H,7H2,1-2H3,(H,14,15). The van der Waals surface area contributed by atoms with Gasteiger partial charge in [-0.1, -0.05) is 12.1 Å². The number of hydrogen-bond acceptors (Lipinski definition) is 4. The first-order valence-corrected chi connectivity index (χ1v) is 6.14. The summed E-state index contributed by atoms with van der Waals surface area (Å²) in [5.74, 6) is -1.22. The molecule has 0 saturated heterocycles. The summed E-state index contributed by atoms with van der Waals surface area (Å²) in [6, 6.07) is 6.58. The number of carbonyl (C=O) groups is 2. The largest absolute Gasteiger partial charge is 0.478 e. The molecule has 0 radical (unpaired) electrons. The number of carbonyl (C=O) groups excluding carboxylic acids is 1. The van der Waals surface area contributed by atoms with Crippen LogP contribution in [0.4, 0.5) is 0 Å². The minimum atomic E-state index is -0.995. The number of hydrogen-bond donors (Lipinski definition) is 1. The van der Waals surface area contributed by atoms with E-state index in [1.807, 2.05) is 0 Å². The molecule has 0 spiro atoms. The molecule has 0 bridgehead atoms. The van der Waals surface area contributed by atoms with Gasteiger partial charge in [0, 0.05) is 4.90 Å². The van der Waals surface area contributed by atoms with E-state index in [9.17, 15) is 9.59 Å². The van der Waals surface area contributed by atoms with Crippen molar-refractivity contribution in [3.63, 3.8) is 0 Å². The van der Waals surface area contributed by atoms with E-state index in [1.54, 1.807) is 32.0 Å². The summed E-state index contributed by atoms with van der Waals surface area (Å²) in [7, 11) is 0. The lowest BCUT2D eigenvalue weighted by atomic mass is 10.2. The smallest absolute Gasteiger partial charge is 0.336 e. The molecule has 1 rings (SSSR count). The Bertz CT molecular complexity index is 415. The normalized spacial score (nSPS) is 10.3. The van der Waals surface area contributed by atoms with Crippen LogP contribution in [-0.4, -0.2) is 28.9 Å². The van der Waals surface area contributed by atoms with Crippen LogP contribution in [0.25, 0.3) is 0 Å². The third-order valence-corrected chi connectivity index (χ3v) is 2.88. The van der Waals surface area contributed by atoms with E-state index in [4.69, 9.17) is 9.84 Å². The molecule has 0 heterocycles. The van der Waals surface area contributed by atoms with Crippen molar-refractivity contribution in [3.8, 4) is 0 Å². The van der Waals surface area contributed by atoms with E-state index in [0.717, 1.165) is 0 Å². The molecule has 1 aromatic carbocycles. The first-order valence-electron chi connectivity index (χ1n) is 5.15. The molecule has 92 valence electrons. The van der Waals surface area contributed by atoms with Gasteiger partial charge in [-0.05, 0) is 26.0 Å². The first kappa shape index (κ1) is 13.6. The number of carboxylic acids is 1. The number of carboxylic acid groups (broad SMARTS) is 1. The van der Waals surface area contributed by atoms with Gasteiger partial charge in [-0.2, -0.15) is 0 Å². The number of rotatable bonds is 5. The highest BCUT2D eigenvalue weighted by Crippen LogP contribution is 2.22. The van der Waals surface area contributed by atoms with Crippen molar-refractivity contribution in [2.75, 3.05) is 5.75 Å². The molecule has 0 aliphatic heterocycles. The Morgan fingerprint density at radius 3 is 2.59 bits per heavy atom. The molecule has 5 heteroatoms. The van der Waals surface area contributed by atoms with Crippen molar-refractivity contribution in [1.82, 2.24) is 0 Å². The van der Waals surface area contributed by atoms with E-state index >= 15 is 0 Å². The van der Waals surface area contributed by atoms with Crippen LogP contribution in [0.5, 0.6) is 0 Å². The monoisotopic (exact) mass is 254 g/mol. The molecule has 0 saturated carbocycles. The Labute approximate surface area is 104 Å². The molecular formula is C12H14O4S. The van der Waals surface area contributed by atoms with Gasteiger partial charge < -0.3 is 9.84 Å². The molecular weight excluding hydrogens is 240 g/mol. The SMILES string of the molecule is CC(C)OC(=O)CSc1ccccc1C(=O)O. The van der Waals surface area contributed by atoms with Crippen LogP contribution in [0.2, 0.25) is 0 Å². The highest BCUT2D eigenvalue weighted by atomic mass is 32.2. The fourth-order valence-electron chi connectivity index (χ4n) is 1.20. The average molecular weight is 254 g/mol. The van der Waals surface area contributed by atoms with Crippen LogP contribution in [0, 0.1) is 0 Å². The maximum absolute atomic E-state index is 11.3. The zero-order chi connectivity index (χ0) is 12.8. The van der Waals surface area contributed by atoms with Crippen molar-refractivity contribution < 1.29 is 19.4 Å². The molecule has 0 aliphatic rings. The van der Waals surface area contributed by atoms with E-state index in [1.165, 1.54) is 17.8 Å². The van der Waals surface area contributed by atoms with Crippen LogP contribution >= 0.6 is 11.8 Å². The fraction of sp³-hybridized carbons (Fsp3) is 0.333. The van der Waals surface area contributed by atoms with Gasteiger partial charge >= 0.3 is 11.9 Å². The van der Waals surface area contributed by atoms with Gasteiger partial charge in [0.2, 0.25) is 0 Å². The van der Waals surface area contributed by atoms with Crippen LogP contribution in [0.3, 0.4) is 0 Å². The van der Waals surface area contributed by atoms with Gasteiger partial charge in [0.05, 0.1) is 17.4 Å². The number of aromatic carboxylic acids is 1. The fourth-order valence-corrected chi connectivity index (χ4v) is 2.03. The van der Waals surface area contributed by atoms with Crippen molar-refractivity contribution in [1.29, 1.82) is 0 Å². The summed E-state index contributed by atoms with van der Waals surface area (Å²) in [5, 5.41) is 8.95. The second-order valence-corrected chi connectivity index (χ2v) is 4.65. The van der Waals surface area contributed by atoms with Gasteiger partial charge in [-0.3, -0.25) is 4.79 Å². The van der Waals surface area contributed by atoms with Gasteiger partial charge in [-0.15, -0.1) is 11.8 Å². The molecule has 0 aromatic heterocycles. The second kappa shape index (κ2) is 6.30. The lowest BCUT2D eigenvalue weighted by molar-refractivity contribution is -0.144. The number of ether oxygens (including phenoxy) is 1. The minimum absolute atomic E-state index is 0.114. The third-order valence-electron chi connectivity index (χ3n) is 1.83. The predicted molar refractivity (Wildman–Crippen MR) is 65.4 cm³/mol. The average Bonchev–Trinajstić information content (AvgIpc) is 2.25. The Balaban J connectivity index is 2.63. The maximum atomic E-state index is 11.3. The Morgan fingerprint density at radius 2 is 2.00 bits per heavy atom. The molecule has 1 aromatic rings. The molecule has 1 N–H and O–H groups in total. The number of benzene rings is 1. The highest BCUT2D eigenvalue weighted by Gasteiger charge is 2.12. The van der Waals surface area contributed by atoms with E-state index < -0.39 is 5.97 Å². The topological polar surface area (TPSA) is 63.6 Å². The molecule has 0 atom stereocenters. The summed E-state index contributed by atoms with van der Waals surface area (Å²) >= 11 is 1.17. The van der Waals surface area contributed by atoms with Gasteiger partial charge in [0.15, 0.2) is 0 Å². The number of thioether (sulfide) groups is 1. The summed E-state index contributed by atoms with van der Waals surface area (Å²) < 4.78 is 4.97. The molecule has 0 fully saturated rings. The van der Waals surface area contributed by atoms with Crippen LogP contribution in [-0.2, 0) is 9.53 Å².